The molecule has 2 heterocycles. The lowest BCUT2D eigenvalue weighted by Crippen LogP contribution is -2.47. The highest BCUT2D eigenvalue weighted by atomic mass is 35.5. The predicted octanol–water partition coefficient (Wildman–Crippen LogP) is 5.26. The van der Waals surface area contributed by atoms with Crippen LogP contribution < -0.4 is 19.3 Å². The van der Waals surface area contributed by atoms with Crippen LogP contribution in [0.4, 0.5) is 11.4 Å². The van der Waals surface area contributed by atoms with Crippen LogP contribution in [-0.2, 0) is 27.3 Å². The Balaban J connectivity index is 0.00000384. The first-order valence-electron chi connectivity index (χ1n) is 15.4. The number of rotatable bonds is 14. The van der Waals surface area contributed by atoms with Crippen LogP contribution in [0.2, 0.25) is 0 Å². The Morgan fingerprint density at radius 3 is 2.32 bits per heavy atom. The highest BCUT2D eigenvalue weighted by Gasteiger charge is 2.45. The van der Waals surface area contributed by atoms with Crippen molar-refractivity contribution in [3.05, 3.63) is 78.1 Å². The van der Waals surface area contributed by atoms with E-state index < -0.39 is 5.41 Å². The van der Waals surface area contributed by atoms with E-state index in [-0.39, 0.29) is 49.0 Å². The normalized spacial score (nSPS) is 13.7. The molecule has 4 rings (SSSR count). The maximum absolute atomic E-state index is 13.2. The number of anilines is 2. The molecule has 47 heavy (non-hydrogen) atoms. The summed E-state index contributed by atoms with van der Waals surface area (Å²) in [7, 11) is 5.15. The summed E-state index contributed by atoms with van der Waals surface area (Å²) in [6.45, 7) is 8.93. The van der Waals surface area contributed by atoms with E-state index in [9.17, 15) is 14.4 Å². The lowest BCUT2D eigenvalue weighted by atomic mass is 9.90. The van der Waals surface area contributed by atoms with E-state index >= 15 is 0 Å². The number of para-hydroxylation sites is 1. The number of likely N-dealkylation sites (N-methyl/N-ethyl adjacent to an activating group) is 1. The zero-order chi connectivity index (χ0) is 32.6. The van der Waals surface area contributed by atoms with Crippen LogP contribution >= 0.6 is 24.8 Å². The van der Waals surface area contributed by atoms with Crippen molar-refractivity contribution in [3.8, 4) is 11.5 Å². The monoisotopic (exact) mass is 687 g/mol. The van der Waals surface area contributed by atoms with Crippen molar-refractivity contribution in [2.75, 3.05) is 63.8 Å². The highest BCUT2D eigenvalue weighted by Crippen LogP contribution is 2.40. The van der Waals surface area contributed by atoms with Crippen LogP contribution in [0.15, 0.2) is 67.0 Å². The standard InChI is InChI=1S/C35H45N5O5.2ClH/c1-7-40-29-14-13-28(24-30(29)38(5)33(42)35(2,3)34(40)43)45-22-10-19-39(25-26-15-17-36-18-16-26)21-20-37(4)32(41)23-27-11-8-9-12-31(27)44-6;;/h8-9,11-18,24H,7,10,19-23,25H2,1-6H3;2*1H. The molecule has 256 valence electrons. The van der Waals surface area contributed by atoms with Gasteiger partial charge in [-0.15, -0.1) is 24.8 Å². The van der Waals surface area contributed by atoms with Crippen LogP contribution in [0.25, 0.3) is 0 Å². The fraction of sp³-hybridized carbons (Fsp3) is 0.429. The molecular formula is C35H47Cl2N5O5. The van der Waals surface area contributed by atoms with Crippen molar-refractivity contribution in [2.24, 2.45) is 5.41 Å². The fourth-order valence-electron chi connectivity index (χ4n) is 5.53. The molecule has 0 aliphatic carbocycles. The first-order valence-corrected chi connectivity index (χ1v) is 15.4. The molecule has 0 saturated heterocycles. The average Bonchev–Trinajstić information content (AvgIpc) is 3.10. The largest absolute Gasteiger partial charge is 0.496 e. The van der Waals surface area contributed by atoms with Crippen LogP contribution in [0.3, 0.4) is 0 Å². The van der Waals surface area contributed by atoms with Gasteiger partial charge in [0.2, 0.25) is 17.7 Å². The fourth-order valence-corrected chi connectivity index (χ4v) is 5.53. The highest BCUT2D eigenvalue weighted by molar-refractivity contribution is 6.20. The van der Waals surface area contributed by atoms with Crippen molar-refractivity contribution in [3.63, 3.8) is 0 Å². The van der Waals surface area contributed by atoms with Crippen LogP contribution in [-0.4, -0.2) is 86.5 Å². The Labute approximate surface area is 290 Å². The second-order valence-electron chi connectivity index (χ2n) is 11.8. The van der Waals surface area contributed by atoms with Crippen LogP contribution in [0.1, 0.15) is 38.3 Å². The maximum atomic E-state index is 13.2. The minimum Gasteiger partial charge on any atom is -0.496 e. The van der Waals surface area contributed by atoms with Crippen molar-refractivity contribution in [2.45, 2.75) is 40.2 Å². The smallest absolute Gasteiger partial charge is 0.242 e. The molecule has 10 nitrogen and oxygen atoms in total. The Bertz CT molecular complexity index is 1490. The first-order chi connectivity index (χ1) is 21.6. The Hall–Kier alpha value is -3.86. The van der Waals surface area contributed by atoms with Gasteiger partial charge in [-0.05, 0) is 63.1 Å². The molecule has 0 bridgehead atoms. The molecule has 0 atom stereocenters. The van der Waals surface area contributed by atoms with Gasteiger partial charge in [0.05, 0.1) is 31.5 Å². The molecule has 0 unspecified atom stereocenters. The molecule has 1 aliphatic rings. The van der Waals surface area contributed by atoms with Gasteiger partial charge >= 0.3 is 0 Å². The number of hydrogen-bond donors (Lipinski definition) is 0. The summed E-state index contributed by atoms with van der Waals surface area (Å²) in [6.07, 6.45) is 4.60. The summed E-state index contributed by atoms with van der Waals surface area (Å²) in [5, 5.41) is 0. The number of fused-ring (bicyclic) bond motifs is 1. The zero-order valence-electron chi connectivity index (χ0n) is 28.1. The number of amides is 3. The Kier molecular flexibility index (Phi) is 15.0. The van der Waals surface area contributed by atoms with Gasteiger partial charge in [-0.3, -0.25) is 24.3 Å². The van der Waals surface area contributed by atoms with Gasteiger partial charge in [0, 0.05) is 70.8 Å². The summed E-state index contributed by atoms with van der Waals surface area (Å²) in [6, 6.07) is 17.1. The van der Waals surface area contributed by atoms with E-state index in [1.165, 1.54) is 0 Å². The summed E-state index contributed by atoms with van der Waals surface area (Å²) < 4.78 is 11.6. The van der Waals surface area contributed by atoms with Gasteiger partial charge in [0.25, 0.3) is 0 Å². The Morgan fingerprint density at radius 1 is 0.936 bits per heavy atom. The number of nitrogens with zero attached hydrogens (tertiary/aromatic N) is 5. The van der Waals surface area contributed by atoms with Gasteiger partial charge in [0.15, 0.2) is 0 Å². The number of benzene rings is 2. The molecule has 0 fully saturated rings. The Morgan fingerprint density at radius 2 is 1.64 bits per heavy atom. The summed E-state index contributed by atoms with van der Waals surface area (Å²) in [5.41, 5.74) is 2.21. The maximum Gasteiger partial charge on any atom is 0.242 e. The van der Waals surface area contributed by atoms with E-state index in [1.807, 2.05) is 68.6 Å². The number of halogens is 2. The van der Waals surface area contributed by atoms with Crippen molar-refractivity contribution >= 4 is 53.9 Å². The van der Waals surface area contributed by atoms with Crippen LogP contribution in [0.5, 0.6) is 11.5 Å². The van der Waals surface area contributed by atoms with E-state index in [0.717, 1.165) is 30.6 Å². The van der Waals surface area contributed by atoms with E-state index in [0.29, 0.717) is 49.1 Å². The molecule has 3 amide bonds. The van der Waals surface area contributed by atoms with E-state index in [1.54, 1.807) is 55.1 Å². The van der Waals surface area contributed by atoms with Crippen molar-refractivity contribution in [1.29, 1.82) is 0 Å². The number of carbonyl (C=O) groups is 3. The van der Waals surface area contributed by atoms with Crippen molar-refractivity contribution in [1.82, 2.24) is 14.8 Å². The average molecular weight is 689 g/mol. The molecule has 2 aromatic carbocycles. The van der Waals surface area contributed by atoms with E-state index in [4.69, 9.17) is 9.47 Å². The van der Waals surface area contributed by atoms with Gasteiger partial charge in [-0.1, -0.05) is 18.2 Å². The second kappa shape index (κ2) is 17.9. The number of methoxy groups -OCH3 is 1. The SMILES string of the molecule is CCN1C(=O)C(C)(C)C(=O)N(C)c2cc(OCCCN(CCN(C)C(=O)Cc3ccccc3OC)Cc3ccncc3)ccc21.Cl.Cl. The lowest BCUT2D eigenvalue weighted by Gasteiger charge is -2.27. The van der Waals surface area contributed by atoms with Gasteiger partial charge in [-0.2, -0.15) is 0 Å². The lowest BCUT2D eigenvalue weighted by molar-refractivity contribution is -0.137. The summed E-state index contributed by atoms with van der Waals surface area (Å²) in [5.74, 6) is 0.922. The number of carbonyl (C=O) groups excluding carboxylic acids is 3. The third kappa shape index (κ3) is 9.59. The van der Waals surface area contributed by atoms with E-state index in [2.05, 4.69) is 9.88 Å². The van der Waals surface area contributed by atoms with Gasteiger partial charge in [-0.25, -0.2) is 0 Å². The minimum absolute atomic E-state index is 0. The number of ether oxygens (including phenoxy) is 2. The van der Waals surface area contributed by atoms with Crippen molar-refractivity contribution < 1.29 is 23.9 Å². The topological polar surface area (TPSA) is 95.5 Å². The molecule has 0 N–H and O–H groups in total. The minimum atomic E-state index is -1.16. The van der Waals surface area contributed by atoms with Gasteiger partial charge in [0.1, 0.15) is 16.9 Å². The quantitative estimate of drug-likeness (QED) is 0.169. The predicted molar refractivity (Wildman–Crippen MR) is 190 cm³/mol. The molecule has 1 aliphatic heterocycles. The molecular weight excluding hydrogens is 641 g/mol. The summed E-state index contributed by atoms with van der Waals surface area (Å²) in [4.78, 5) is 50.8. The number of pyridine rings is 1. The summed E-state index contributed by atoms with van der Waals surface area (Å²) >= 11 is 0. The number of hydrogen-bond acceptors (Lipinski definition) is 7. The second-order valence-corrected chi connectivity index (χ2v) is 11.8. The molecule has 0 radical (unpaired) electrons. The zero-order valence-corrected chi connectivity index (χ0v) is 29.7. The molecule has 1 aromatic heterocycles. The molecule has 3 aromatic rings. The molecule has 0 spiro atoms. The molecule has 12 heteroatoms. The molecule has 0 saturated carbocycles. The van der Waals surface area contributed by atoms with Gasteiger partial charge < -0.3 is 24.2 Å². The number of aromatic nitrogens is 1. The first kappa shape index (κ1) is 39.3. The van der Waals surface area contributed by atoms with Crippen LogP contribution in [0, 0.1) is 5.41 Å². The third-order valence-corrected chi connectivity index (χ3v) is 8.29. The third-order valence-electron chi connectivity index (χ3n) is 8.29.